The summed E-state index contributed by atoms with van der Waals surface area (Å²) in [7, 11) is -4.27. The summed E-state index contributed by atoms with van der Waals surface area (Å²) in [6.07, 6.45) is -4.84. The molecule has 0 aliphatic carbocycles. The molecular formula is C17H12ClF3N2O4S2. The van der Waals surface area contributed by atoms with Gasteiger partial charge in [0.15, 0.2) is 0 Å². The summed E-state index contributed by atoms with van der Waals surface area (Å²) in [5, 5.41) is 0.607. The van der Waals surface area contributed by atoms with Crippen molar-refractivity contribution in [3.63, 3.8) is 0 Å². The van der Waals surface area contributed by atoms with Gasteiger partial charge in [0.05, 0.1) is 10.5 Å². The number of amidine groups is 1. The molecule has 1 fully saturated rings. The van der Waals surface area contributed by atoms with Gasteiger partial charge in [-0.2, -0.15) is 21.6 Å². The van der Waals surface area contributed by atoms with Gasteiger partial charge in [-0.3, -0.25) is 10.1 Å². The van der Waals surface area contributed by atoms with Crippen molar-refractivity contribution in [2.45, 2.75) is 22.7 Å². The lowest BCUT2D eigenvalue weighted by atomic mass is 10.1. The van der Waals surface area contributed by atoms with Crippen LogP contribution in [0.5, 0.6) is 0 Å². The predicted octanol–water partition coefficient (Wildman–Crippen LogP) is 2.89. The molecule has 0 saturated carbocycles. The van der Waals surface area contributed by atoms with Crippen molar-refractivity contribution in [3.8, 4) is 0 Å². The zero-order chi connectivity index (χ0) is 21.4. The summed E-state index contributed by atoms with van der Waals surface area (Å²) in [6, 6.07) is 9.31. The van der Waals surface area contributed by atoms with E-state index in [1.54, 1.807) is 0 Å². The van der Waals surface area contributed by atoms with Gasteiger partial charge in [-0.25, -0.2) is 0 Å². The Kier molecular flexibility index (Phi) is 5.95. The van der Waals surface area contributed by atoms with Gasteiger partial charge in [0, 0.05) is 22.6 Å². The van der Waals surface area contributed by atoms with Crippen LogP contribution in [-0.4, -0.2) is 29.3 Å². The van der Waals surface area contributed by atoms with Crippen LogP contribution in [0.4, 0.5) is 13.2 Å². The predicted molar refractivity (Wildman–Crippen MR) is 101 cm³/mol. The maximum Gasteiger partial charge on any atom is 0.416 e. The Hall–Kier alpha value is -2.08. The second kappa shape index (κ2) is 7.98. The first-order valence-corrected chi connectivity index (χ1v) is 11.0. The number of amides is 1. The second-order valence-corrected chi connectivity index (χ2v) is 9.59. The van der Waals surface area contributed by atoms with Crippen LogP contribution in [0.25, 0.3) is 0 Å². The Labute approximate surface area is 172 Å². The third-order valence-corrected chi connectivity index (χ3v) is 7.09. The number of alkyl halides is 3. The molecule has 1 saturated heterocycles. The minimum Gasteiger partial charge on any atom is -0.608 e. The van der Waals surface area contributed by atoms with Crippen LogP contribution < -0.4 is 5.32 Å². The highest BCUT2D eigenvalue weighted by Gasteiger charge is 2.45. The van der Waals surface area contributed by atoms with Gasteiger partial charge < -0.3 is 4.55 Å². The van der Waals surface area contributed by atoms with E-state index in [-0.39, 0.29) is 16.9 Å². The first-order chi connectivity index (χ1) is 13.5. The summed E-state index contributed by atoms with van der Waals surface area (Å²) in [6.45, 7) is 0. The molecule has 6 nitrogen and oxygen atoms in total. The summed E-state index contributed by atoms with van der Waals surface area (Å²) >= 11 is 3.52. The minimum absolute atomic E-state index is 0.134. The van der Waals surface area contributed by atoms with E-state index in [9.17, 15) is 30.9 Å². The Balaban J connectivity index is 1.84. The lowest BCUT2D eigenvalue weighted by Gasteiger charge is -2.12. The van der Waals surface area contributed by atoms with E-state index in [0.717, 1.165) is 12.1 Å². The molecule has 2 unspecified atom stereocenters. The number of halogens is 4. The van der Waals surface area contributed by atoms with Crippen LogP contribution in [0.1, 0.15) is 11.1 Å². The summed E-state index contributed by atoms with van der Waals surface area (Å²) in [5.41, 5.74) is -0.770. The van der Waals surface area contributed by atoms with Crippen molar-refractivity contribution in [1.29, 1.82) is 0 Å². The number of carbonyl (C=O) groups is 1. The number of hydrogen-bond donors (Lipinski definition) is 1. The highest BCUT2D eigenvalue weighted by atomic mass is 35.5. The number of nitrogens with one attached hydrogen (secondary N) is 1. The number of sulfonamides is 1. The molecule has 2 aromatic carbocycles. The Morgan fingerprint density at radius 1 is 1.17 bits per heavy atom. The van der Waals surface area contributed by atoms with Gasteiger partial charge in [0.2, 0.25) is 5.25 Å². The zero-order valence-corrected chi connectivity index (χ0v) is 16.7. The lowest BCUT2D eigenvalue weighted by Crippen LogP contribution is -2.27. The molecule has 0 radical (unpaired) electrons. The minimum atomic E-state index is -4.56. The maximum atomic E-state index is 12.8. The third kappa shape index (κ3) is 4.92. The van der Waals surface area contributed by atoms with E-state index in [4.69, 9.17) is 11.6 Å². The molecule has 2 aromatic rings. The Morgan fingerprint density at radius 3 is 2.45 bits per heavy atom. The van der Waals surface area contributed by atoms with Crippen LogP contribution >= 0.6 is 11.6 Å². The fourth-order valence-electron chi connectivity index (χ4n) is 2.55. The highest BCUT2D eigenvalue weighted by Crippen LogP contribution is 2.30. The lowest BCUT2D eigenvalue weighted by molar-refractivity contribution is -0.137. The molecule has 1 heterocycles. The topological polar surface area (TPSA) is 98.7 Å². The summed E-state index contributed by atoms with van der Waals surface area (Å²) in [5.74, 6) is -0.786. The Bertz CT molecular complexity index is 1070. The summed E-state index contributed by atoms with van der Waals surface area (Å²) in [4.78, 5) is 11.9. The number of hydrogen-bond acceptors (Lipinski definition) is 4. The molecular weight excluding hydrogens is 453 g/mol. The van der Waals surface area contributed by atoms with Crippen molar-refractivity contribution in [1.82, 2.24) is 5.32 Å². The van der Waals surface area contributed by atoms with Gasteiger partial charge in [0.25, 0.3) is 15.9 Å². The number of benzene rings is 2. The number of nitrogens with zero attached hydrogens (tertiary/aromatic N) is 1. The van der Waals surface area contributed by atoms with Crippen LogP contribution in [0.15, 0.2) is 57.8 Å². The molecule has 3 rings (SSSR count). The highest BCUT2D eigenvalue weighted by molar-refractivity contribution is 8.09. The van der Waals surface area contributed by atoms with E-state index < -0.39 is 49.3 Å². The molecule has 0 bridgehead atoms. The van der Waals surface area contributed by atoms with Gasteiger partial charge in [0.1, 0.15) is 0 Å². The van der Waals surface area contributed by atoms with Gasteiger partial charge in [-0.15, -0.1) is 0 Å². The van der Waals surface area contributed by atoms with Gasteiger partial charge in [-0.05, 0) is 35.9 Å². The van der Waals surface area contributed by atoms with Crippen molar-refractivity contribution in [3.05, 3.63) is 64.7 Å². The molecule has 29 heavy (non-hydrogen) atoms. The third-order valence-electron chi connectivity index (χ3n) is 3.96. The quantitative estimate of drug-likeness (QED) is 0.703. The van der Waals surface area contributed by atoms with Crippen molar-refractivity contribution in [2.24, 2.45) is 4.40 Å². The van der Waals surface area contributed by atoms with E-state index in [2.05, 4.69) is 9.71 Å². The Morgan fingerprint density at radius 2 is 1.83 bits per heavy atom. The molecule has 154 valence electrons. The van der Waals surface area contributed by atoms with Gasteiger partial charge >= 0.3 is 11.3 Å². The first kappa shape index (κ1) is 21.6. The smallest absolute Gasteiger partial charge is 0.416 e. The number of carbonyl (C=O) groups excluding carboxylic acids is 1. The molecule has 1 aliphatic heterocycles. The van der Waals surface area contributed by atoms with Crippen molar-refractivity contribution >= 4 is 43.9 Å². The van der Waals surface area contributed by atoms with Crippen LogP contribution in [0, 0.1) is 0 Å². The monoisotopic (exact) mass is 464 g/mol. The van der Waals surface area contributed by atoms with Crippen molar-refractivity contribution < 1.29 is 30.9 Å². The van der Waals surface area contributed by atoms with Crippen LogP contribution in [0.2, 0.25) is 5.02 Å². The maximum absolute atomic E-state index is 12.8. The standard InChI is InChI=1S/C17H12ClF3N2O4S2/c18-12-4-6-13(7-5-12)29(26,27)23-16-22-15(24)14(28(16)25)9-10-2-1-3-11(8-10)17(19,20)21/h1-8,14H,9H2,(H,22,23,24). The second-order valence-electron chi connectivity index (χ2n) is 6.00. The summed E-state index contributed by atoms with van der Waals surface area (Å²) < 4.78 is 79.1. The zero-order valence-electron chi connectivity index (χ0n) is 14.3. The molecule has 1 amide bonds. The van der Waals surface area contributed by atoms with Crippen LogP contribution in [0.3, 0.4) is 0 Å². The van der Waals surface area contributed by atoms with Crippen LogP contribution in [-0.2, 0) is 38.6 Å². The molecule has 12 heteroatoms. The number of rotatable bonds is 4. The van der Waals surface area contributed by atoms with Crippen molar-refractivity contribution in [2.75, 3.05) is 0 Å². The molecule has 0 spiro atoms. The van der Waals surface area contributed by atoms with E-state index in [1.807, 2.05) is 0 Å². The first-order valence-electron chi connectivity index (χ1n) is 7.95. The average Bonchev–Trinajstić information content (AvgIpc) is 2.88. The van der Waals surface area contributed by atoms with E-state index >= 15 is 0 Å². The molecule has 2 atom stereocenters. The van der Waals surface area contributed by atoms with E-state index in [0.29, 0.717) is 5.02 Å². The van der Waals surface area contributed by atoms with Gasteiger partial charge in [-0.1, -0.05) is 34.2 Å². The molecule has 0 aromatic heterocycles. The fourth-order valence-corrected chi connectivity index (χ4v) is 5.18. The fraction of sp³-hybridized carbons (Fsp3) is 0.176. The molecule has 1 N–H and O–H groups in total. The molecule has 1 aliphatic rings. The average molecular weight is 465 g/mol. The SMILES string of the molecule is O=C1N/C(=N\S(=O)(=O)c2ccc(Cl)cc2)[S+]([O-])C1Cc1cccc(C(F)(F)F)c1. The normalized spacial score (nSPS) is 21.4. The van der Waals surface area contributed by atoms with E-state index in [1.165, 1.54) is 36.4 Å². The largest absolute Gasteiger partial charge is 0.608 e.